The lowest BCUT2D eigenvalue weighted by atomic mass is 10.0. The van der Waals surface area contributed by atoms with Gasteiger partial charge in [-0.3, -0.25) is 9.69 Å². The van der Waals surface area contributed by atoms with Crippen molar-refractivity contribution in [3.63, 3.8) is 0 Å². The lowest BCUT2D eigenvalue weighted by Gasteiger charge is -2.34. The molecule has 42 heavy (non-hydrogen) atoms. The van der Waals surface area contributed by atoms with Crippen LogP contribution in [0, 0.1) is 0 Å². The fourth-order valence-electron chi connectivity index (χ4n) is 4.77. The number of nitrogens with one attached hydrogen (secondary N) is 3. The lowest BCUT2D eigenvalue weighted by molar-refractivity contribution is -0.138. The summed E-state index contributed by atoms with van der Waals surface area (Å²) in [6, 6.07) is 7.83. The highest BCUT2D eigenvalue weighted by atomic mass is 19.4. The van der Waals surface area contributed by atoms with Crippen LogP contribution >= 0.6 is 0 Å². The normalized spacial score (nSPS) is 14.7. The van der Waals surface area contributed by atoms with Crippen molar-refractivity contribution in [2.24, 2.45) is 0 Å². The van der Waals surface area contributed by atoms with E-state index in [4.69, 9.17) is 4.74 Å². The van der Waals surface area contributed by atoms with Crippen LogP contribution in [0.15, 0.2) is 53.5 Å². The Bertz CT molecular complexity index is 1450. The average Bonchev–Trinajstić information content (AvgIpc) is 2.95. The zero-order valence-electron chi connectivity index (χ0n) is 23.2. The number of H-pyrrole nitrogens is 1. The van der Waals surface area contributed by atoms with Crippen molar-refractivity contribution in [3.8, 4) is 16.9 Å². The third-order valence-corrected chi connectivity index (χ3v) is 7.02. The number of anilines is 2. The number of piperazine rings is 1. The number of urea groups is 1. The van der Waals surface area contributed by atoms with Crippen molar-refractivity contribution in [3.05, 3.63) is 75.7 Å². The molecule has 0 atom stereocenters. The molecule has 0 aliphatic carbocycles. The van der Waals surface area contributed by atoms with Gasteiger partial charge in [0.1, 0.15) is 0 Å². The number of alkyl halides is 5. The molecule has 1 aromatic heterocycles. The molecule has 13 heteroatoms. The van der Waals surface area contributed by atoms with Gasteiger partial charge < -0.3 is 25.3 Å². The van der Waals surface area contributed by atoms with E-state index >= 15 is 0 Å². The van der Waals surface area contributed by atoms with E-state index in [0.717, 1.165) is 31.8 Å². The van der Waals surface area contributed by atoms with Gasteiger partial charge in [0.25, 0.3) is 12.0 Å². The Hall–Kier alpha value is -3.97. The van der Waals surface area contributed by atoms with Gasteiger partial charge in [0.15, 0.2) is 5.75 Å². The van der Waals surface area contributed by atoms with E-state index in [0.29, 0.717) is 24.2 Å². The first-order valence-electron chi connectivity index (χ1n) is 13.5. The van der Waals surface area contributed by atoms with E-state index < -0.39 is 35.3 Å². The van der Waals surface area contributed by atoms with Crippen molar-refractivity contribution in [1.82, 2.24) is 14.8 Å². The molecule has 1 aliphatic heterocycles. The minimum Gasteiger partial charge on any atom is -0.488 e. The molecule has 0 spiro atoms. The summed E-state index contributed by atoms with van der Waals surface area (Å²) in [7, 11) is 0. The Balaban J connectivity index is 1.50. The molecule has 0 bridgehead atoms. The van der Waals surface area contributed by atoms with Crippen LogP contribution in [0.4, 0.5) is 38.1 Å². The van der Waals surface area contributed by atoms with Crippen LogP contribution in [0.25, 0.3) is 11.1 Å². The number of hydrogen-bond acceptors (Lipinski definition) is 5. The van der Waals surface area contributed by atoms with Gasteiger partial charge in [-0.25, -0.2) is 13.6 Å². The predicted molar refractivity (Wildman–Crippen MR) is 150 cm³/mol. The molecule has 2 amide bonds. The van der Waals surface area contributed by atoms with E-state index in [2.05, 4.69) is 20.5 Å². The summed E-state index contributed by atoms with van der Waals surface area (Å²) in [5.74, 6) is 0.0264. The Morgan fingerprint density at radius 1 is 0.976 bits per heavy atom. The molecule has 4 rings (SSSR count). The quantitative estimate of drug-likeness (QED) is 0.258. The van der Waals surface area contributed by atoms with E-state index in [9.17, 15) is 31.5 Å². The number of halogens is 5. The van der Waals surface area contributed by atoms with E-state index in [1.165, 1.54) is 36.5 Å². The first kappa shape index (κ1) is 31.0. The highest BCUT2D eigenvalue weighted by molar-refractivity contribution is 6.00. The number of aromatic amines is 1. The molecule has 0 radical (unpaired) electrons. The molecule has 2 heterocycles. The maximum absolute atomic E-state index is 13.9. The van der Waals surface area contributed by atoms with Crippen molar-refractivity contribution in [1.29, 1.82) is 0 Å². The fraction of sp³-hybridized carbons (Fsp3) is 0.379. The van der Waals surface area contributed by atoms with Crippen LogP contribution in [-0.2, 0) is 12.7 Å². The Kier molecular flexibility index (Phi) is 9.84. The van der Waals surface area contributed by atoms with Crippen LogP contribution in [0.2, 0.25) is 0 Å². The van der Waals surface area contributed by atoms with E-state index in [1.54, 1.807) is 6.92 Å². The van der Waals surface area contributed by atoms with Gasteiger partial charge in [-0.2, -0.15) is 13.2 Å². The standard InChI is InChI=1S/C29H32F5N5O3/c1-3-38-9-11-39(12-10-38)17-19-5-7-21(15-23(19)29(32,33)34)36-28(41)37-24-8-6-18(13-22(24)26(30)31)20-14-25(42-4-2)27(40)35-16-20/h5-8,13-16,26H,3-4,9-12,17H2,1-2H3,(H,35,40)(H2,36,37,41). The maximum atomic E-state index is 13.9. The van der Waals surface area contributed by atoms with Crippen molar-refractivity contribution < 1.29 is 31.5 Å². The predicted octanol–water partition coefficient (Wildman–Crippen LogP) is 6.18. The second-order valence-corrected chi connectivity index (χ2v) is 9.78. The fourth-order valence-corrected chi connectivity index (χ4v) is 4.77. The van der Waals surface area contributed by atoms with Gasteiger partial charge >= 0.3 is 12.2 Å². The molecular weight excluding hydrogens is 561 g/mol. The largest absolute Gasteiger partial charge is 0.488 e. The van der Waals surface area contributed by atoms with Gasteiger partial charge in [-0.15, -0.1) is 0 Å². The van der Waals surface area contributed by atoms with Crippen molar-refractivity contribution in [2.45, 2.75) is 33.0 Å². The number of benzene rings is 2. The highest BCUT2D eigenvalue weighted by Gasteiger charge is 2.34. The summed E-state index contributed by atoms with van der Waals surface area (Å²) in [6.45, 7) is 7.81. The minimum atomic E-state index is -4.66. The monoisotopic (exact) mass is 593 g/mol. The van der Waals surface area contributed by atoms with E-state index in [1.807, 2.05) is 11.8 Å². The molecular formula is C29H32F5N5O3. The lowest BCUT2D eigenvalue weighted by Crippen LogP contribution is -2.45. The van der Waals surface area contributed by atoms with Gasteiger partial charge in [-0.1, -0.05) is 19.1 Å². The number of amides is 2. The highest BCUT2D eigenvalue weighted by Crippen LogP contribution is 2.35. The number of carbonyl (C=O) groups is 1. The number of carbonyl (C=O) groups excluding carboxylic acids is 1. The second kappa shape index (κ2) is 13.3. The van der Waals surface area contributed by atoms with Gasteiger partial charge in [-0.05, 0) is 54.9 Å². The maximum Gasteiger partial charge on any atom is 0.416 e. The summed E-state index contributed by atoms with van der Waals surface area (Å²) in [5.41, 5.74) is -1.39. The summed E-state index contributed by atoms with van der Waals surface area (Å²) in [6.07, 6.45) is -6.29. The molecule has 1 fully saturated rings. The smallest absolute Gasteiger partial charge is 0.416 e. The van der Waals surface area contributed by atoms with Crippen LogP contribution in [0.5, 0.6) is 5.75 Å². The molecule has 0 saturated carbocycles. The SMILES string of the molecule is CCOc1cc(-c2ccc(NC(=O)Nc3ccc(CN4CCN(CC)CC4)c(C(F)(F)F)c3)c(C(F)F)c2)c[nH]c1=O. The Morgan fingerprint density at radius 3 is 2.33 bits per heavy atom. The van der Waals surface area contributed by atoms with Crippen LogP contribution < -0.4 is 20.9 Å². The molecule has 8 nitrogen and oxygen atoms in total. The summed E-state index contributed by atoms with van der Waals surface area (Å²) in [5, 5.41) is 4.62. The third kappa shape index (κ3) is 7.65. The van der Waals surface area contributed by atoms with Crippen molar-refractivity contribution in [2.75, 3.05) is 50.0 Å². The van der Waals surface area contributed by atoms with Gasteiger partial charge in [0, 0.05) is 55.7 Å². The summed E-state index contributed by atoms with van der Waals surface area (Å²) >= 11 is 0. The van der Waals surface area contributed by atoms with E-state index in [-0.39, 0.29) is 35.8 Å². The Morgan fingerprint density at radius 2 is 1.69 bits per heavy atom. The molecule has 1 aliphatic rings. The third-order valence-electron chi connectivity index (χ3n) is 7.02. The number of aromatic nitrogens is 1. The molecule has 0 unspecified atom stereocenters. The van der Waals surface area contributed by atoms with Crippen LogP contribution in [-0.4, -0.2) is 60.1 Å². The summed E-state index contributed by atoms with van der Waals surface area (Å²) in [4.78, 5) is 31.2. The number of nitrogens with zero attached hydrogens (tertiary/aromatic N) is 2. The zero-order valence-corrected chi connectivity index (χ0v) is 23.2. The molecule has 3 aromatic rings. The number of hydrogen-bond donors (Lipinski definition) is 3. The zero-order chi connectivity index (χ0) is 30.4. The summed E-state index contributed by atoms with van der Waals surface area (Å²) < 4.78 is 74.9. The number of rotatable bonds is 9. The average molecular weight is 594 g/mol. The van der Waals surface area contributed by atoms with Gasteiger partial charge in [0.2, 0.25) is 0 Å². The second-order valence-electron chi connectivity index (χ2n) is 9.78. The minimum absolute atomic E-state index is 0.0264. The number of likely N-dealkylation sites (N-methyl/N-ethyl adjacent to an activating group) is 1. The van der Waals surface area contributed by atoms with Crippen molar-refractivity contribution >= 4 is 17.4 Å². The first-order valence-corrected chi connectivity index (χ1v) is 13.5. The van der Waals surface area contributed by atoms with Gasteiger partial charge in [0.05, 0.1) is 17.9 Å². The molecule has 1 saturated heterocycles. The topological polar surface area (TPSA) is 89.7 Å². The van der Waals surface area contributed by atoms with Crippen LogP contribution in [0.1, 0.15) is 37.0 Å². The number of pyridine rings is 1. The first-order chi connectivity index (χ1) is 20.0. The Labute approximate surface area is 239 Å². The molecule has 226 valence electrons. The number of ether oxygens (including phenoxy) is 1. The van der Waals surface area contributed by atoms with Crippen LogP contribution in [0.3, 0.4) is 0 Å². The molecule has 3 N–H and O–H groups in total. The molecule has 2 aromatic carbocycles.